The minimum absolute atomic E-state index is 0.0166. The molecule has 0 saturated heterocycles. The van der Waals surface area contributed by atoms with Crippen LogP contribution in [0.5, 0.6) is 0 Å². The first-order chi connectivity index (χ1) is 9.69. The second-order valence-corrected chi connectivity index (χ2v) is 5.69. The van der Waals surface area contributed by atoms with Crippen LogP contribution < -0.4 is 5.32 Å². The lowest BCUT2D eigenvalue weighted by Gasteiger charge is -2.27. The second-order valence-electron chi connectivity index (χ2n) is 5.69. The molecular formula is C16H23FN2O. The molecule has 1 heterocycles. The molecule has 110 valence electrons. The van der Waals surface area contributed by atoms with E-state index in [1.54, 1.807) is 12.1 Å². The van der Waals surface area contributed by atoms with Crippen LogP contribution in [0.3, 0.4) is 0 Å². The quantitative estimate of drug-likeness (QED) is 0.822. The molecule has 1 N–H and O–H groups in total. The van der Waals surface area contributed by atoms with Crippen molar-refractivity contribution >= 4 is 11.7 Å². The van der Waals surface area contributed by atoms with Crippen LogP contribution in [0.2, 0.25) is 0 Å². The zero-order chi connectivity index (χ0) is 14.4. The van der Waals surface area contributed by atoms with Gasteiger partial charge in [-0.15, -0.1) is 0 Å². The van der Waals surface area contributed by atoms with Crippen LogP contribution in [0.4, 0.5) is 10.2 Å². The summed E-state index contributed by atoms with van der Waals surface area (Å²) in [6, 6.07) is 4.45. The SMILES string of the molecule is CCCCC1CCC(C(=O)Nc2cccc(F)n2)CC1. The van der Waals surface area contributed by atoms with E-state index in [-0.39, 0.29) is 11.8 Å². The molecule has 0 radical (unpaired) electrons. The molecule has 2 rings (SSSR count). The number of amides is 1. The Balaban J connectivity index is 1.80. The summed E-state index contributed by atoms with van der Waals surface area (Å²) < 4.78 is 13.0. The predicted octanol–water partition coefficient (Wildman–Crippen LogP) is 4.16. The Labute approximate surface area is 120 Å². The van der Waals surface area contributed by atoms with Crippen LogP contribution in [0.25, 0.3) is 0 Å². The van der Waals surface area contributed by atoms with Gasteiger partial charge < -0.3 is 5.32 Å². The van der Waals surface area contributed by atoms with Crippen LogP contribution in [0, 0.1) is 17.8 Å². The molecule has 3 nitrogen and oxygen atoms in total. The average molecular weight is 278 g/mol. The molecule has 0 atom stereocenters. The molecule has 1 fully saturated rings. The lowest BCUT2D eigenvalue weighted by atomic mass is 9.79. The molecule has 1 aliphatic carbocycles. The normalized spacial score (nSPS) is 22.5. The number of carbonyl (C=O) groups is 1. The fourth-order valence-corrected chi connectivity index (χ4v) is 2.91. The molecule has 4 heteroatoms. The van der Waals surface area contributed by atoms with Crippen molar-refractivity contribution < 1.29 is 9.18 Å². The van der Waals surface area contributed by atoms with Gasteiger partial charge in [0, 0.05) is 5.92 Å². The van der Waals surface area contributed by atoms with E-state index in [0.29, 0.717) is 5.82 Å². The van der Waals surface area contributed by atoms with E-state index >= 15 is 0 Å². The molecule has 1 amide bonds. The van der Waals surface area contributed by atoms with Crippen molar-refractivity contribution in [3.63, 3.8) is 0 Å². The van der Waals surface area contributed by atoms with Crippen molar-refractivity contribution in [1.29, 1.82) is 0 Å². The average Bonchev–Trinajstić information content (AvgIpc) is 2.45. The predicted molar refractivity (Wildman–Crippen MR) is 77.8 cm³/mol. The third-order valence-corrected chi connectivity index (χ3v) is 4.15. The fourth-order valence-electron chi connectivity index (χ4n) is 2.91. The number of rotatable bonds is 5. The van der Waals surface area contributed by atoms with Crippen LogP contribution in [0.1, 0.15) is 51.9 Å². The zero-order valence-corrected chi connectivity index (χ0v) is 12.1. The molecule has 1 aromatic rings. The molecule has 0 unspecified atom stereocenters. The largest absolute Gasteiger partial charge is 0.310 e. The summed E-state index contributed by atoms with van der Waals surface area (Å²) in [5.41, 5.74) is 0. The Bertz CT molecular complexity index is 442. The first kappa shape index (κ1) is 14.9. The standard InChI is InChI=1S/C16H23FN2O/c1-2-3-5-12-8-10-13(11-9-12)16(20)19-15-7-4-6-14(17)18-15/h4,6-7,12-13H,2-3,5,8-11H2,1H3,(H,18,19,20). The number of hydrogen-bond acceptors (Lipinski definition) is 2. The highest BCUT2D eigenvalue weighted by Gasteiger charge is 2.26. The Morgan fingerprint density at radius 2 is 2.10 bits per heavy atom. The highest BCUT2D eigenvalue weighted by molar-refractivity contribution is 5.91. The maximum atomic E-state index is 13.0. The number of anilines is 1. The Morgan fingerprint density at radius 3 is 2.75 bits per heavy atom. The van der Waals surface area contributed by atoms with Crippen molar-refractivity contribution in [2.24, 2.45) is 11.8 Å². The molecule has 1 aromatic heterocycles. The van der Waals surface area contributed by atoms with Crippen LogP contribution in [0.15, 0.2) is 18.2 Å². The molecular weight excluding hydrogens is 255 g/mol. The van der Waals surface area contributed by atoms with E-state index in [2.05, 4.69) is 17.2 Å². The van der Waals surface area contributed by atoms with Crippen molar-refractivity contribution in [2.45, 2.75) is 51.9 Å². The van der Waals surface area contributed by atoms with Gasteiger partial charge in [-0.1, -0.05) is 32.3 Å². The Morgan fingerprint density at radius 1 is 1.35 bits per heavy atom. The second kappa shape index (κ2) is 7.36. The zero-order valence-electron chi connectivity index (χ0n) is 12.1. The van der Waals surface area contributed by atoms with Crippen LogP contribution >= 0.6 is 0 Å². The number of halogens is 1. The van der Waals surface area contributed by atoms with Gasteiger partial charge in [-0.05, 0) is 43.7 Å². The molecule has 0 aromatic carbocycles. The van der Waals surface area contributed by atoms with Gasteiger partial charge in [-0.2, -0.15) is 4.39 Å². The van der Waals surface area contributed by atoms with Gasteiger partial charge in [-0.25, -0.2) is 4.98 Å². The topological polar surface area (TPSA) is 42.0 Å². The van der Waals surface area contributed by atoms with E-state index in [1.807, 2.05) is 0 Å². The third kappa shape index (κ3) is 4.29. The number of hydrogen-bond donors (Lipinski definition) is 1. The van der Waals surface area contributed by atoms with Crippen molar-refractivity contribution in [2.75, 3.05) is 5.32 Å². The van der Waals surface area contributed by atoms with E-state index in [4.69, 9.17) is 0 Å². The molecule has 0 bridgehead atoms. The van der Waals surface area contributed by atoms with Gasteiger partial charge in [0.25, 0.3) is 0 Å². The van der Waals surface area contributed by atoms with Gasteiger partial charge in [-0.3, -0.25) is 4.79 Å². The maximum absolute atomic E-state index is 13.0. The number of unbranched alkanes of at least 4 members (excludes halogenated alkanes) is 1. The summed E-state index contributed by atoms with van der Waals surface area (Å²) >= 11 is 0. The van der Waals surface area contributed by atoms with Crippen LogP contribution in [-0.4, -0.2) is 10.9 Å². The monoisotopic (exact) mass is 278 g/mol. The number of nitrogens with zero attached hydrogens (tertiary/aromatic N) is 1. The minimum Gasteiger partial charge on any atom is -0.310 e. The lowest BCUT2D eigenvalue weighted by Crippen LogP contribution is -2.27. The van der Waals surface area contributed by atoms with Gasteiger partial charge in [0.05, 0.1) is 0 Å². The lowest BCUT2D eigenvalue weighted by molar-refractivity contribution is -0.121. The van der Waals surface area contributed by atoms with E-state index in [0.717, 1.165) is 31.6 Å². The number of pyridine rings is 1. The number of nitrogens with one attached hydrogen (secondary N) is 1. The third-order valence-electron chi connectivity index (χ3n) is 4.15. The molecule has 20 heavy (non-hydrogen) atoms. The van der Waals surface area contributed by atoms with Gasteiger partial charge >= 0.3 is 0 Å². The Kier molecular flexibility index (Phi) is 5.50. The molecule has 1 aliphatic rings. The molecule has 1 saturated carbocycles. The minimum atomic E-state index is -0.564. The molecule has 0 aliphatic heterocycles. The summed E-state index contributed by atoms with van der Waals surface area (Å²) in [6.07, 6.45) is 7.96. The summed E-state index contributed by atoms with van der Waals surface area (Å²) in [6.45, 7) is 2.21. The van der Waals surface area contributed by atoms with Crippen molar-refractivity contribution in [3.05, 3.63) is 24.1 Å². The summed E-state index contributed by atoms with van der Waals surface area (Å²) in [4.78, 5) is 15.8. The van der Waals surface area contributed by atoms with Gasteiger partial charge in [0.15, 0.2) is 0 Å². The maximum Gasteiger partial charge on any atom is 0.228 e. The van der Waals surface area contributed by atoms with E-state index in [1.165, 1.54) is 25.3 Å². The summed E-state index contributed by atoms with van der Waals surface area (Å²) in [5.74, 6) is 0.565. The summed E-state index contributed by atoms with van der Waals surface area (Å²) in [5, 5.41) is 2.72. The van der Waals surface area contributed by atoms with Crippen molar-refractivity contribution in [3.8, 4) is 0 Å². The Hall–Kier alpha value is -1.45. The van der Waals surface area contributed by atoms with Crippen LogP contribution in [-0.2, 0) is 4.79 Å². The molecule has 0 spiro atoms. The first-order valence-corrected chi connectivity index (χ1v) is 7.62. The smallest absolute Gasteiger partial charge is 0.228 e. The summed E-state index contributed by atoms with van der Waals surface area (Å²) in [7, 11) is 0. The highest BCUT2D eigenvalue weighted by Crippen LogP contribution is 2.32. The fraction of sp³-hybridized carbons (Fsp3) is 0.625. The first-order valence-electron chi connectivity index (χ1n) is 7.62. The van der Waals surface area contributed by atoms with Gasteiger partial charge in [0.1, 0.15) is 5.82 Å². The van der Waals surface area contributed by atoms with E-state index < -0.39 is 5.95 Å². The van der Waals surface area contributed by atoms with Gasteiger partial charge in [0.2, 0.25) is 11.9 Å². The number of aromatic nitrogens is 1. The number of carbonyl (C=O) groups excluding carboxylic acids is 1. The highest BCUT2D eigenvalue weighted by atomic mass is 19.1. The van der Waals surface area contributed by atoms with E-state index in [9.17, 15) is 9.18 Å². The van der Waals surface area contributed by atoms with Crippen molar-refractivity contribution in [1.82, 2.24) is 4.98 Å².